The third-order valence-electron chi connectivity index (χ3n) is 5.20. The van der Waals surface area contributed by atoms with Crippen LogP contribution in [0.1, 0.15) is 52.0 Å². The van der Waals surface area contributed by atoms with Gasteiger partial charge in [-0.2, -0.15) is 35.9 Å². The van der Waals surface area contributed by atoms with E-state index in [0.29, 0.717) is 6.42 Å². The summed E-state index contributed by atoms with van der Waals surface area (Å²) in [4.78, 5) is 25.0. The first-order valence-electron chi connectivity index (χ1n) is 9.43. The van der Waals surface area contributed by atoms with Crippen LogP contribution in [0.5, 0.6) is 0 Å². The molecule has 0 spiro atoms. The van der Waals surface area contributed by atoms with Gasteiger partial charge in [0.15, 0.2) is 11.6 Å². The summed E-state index contributed by atoms with van der Waals surface area (Å²) in [5.41, 5.74) is 4.39. The molecule has 0 bridgehead atoms. The van der Waals surface area contributed by atoms with Gasteiger partial charge in [0, 0.05) is 34.9 Å². The molecule has 1 aliphatic carbocycles. The van der Waals surface area contributed by atoms with Crippen LogP contribution in [0.3, 0.4) is 0 Å². The van der Waals surface area contributed by atoms with Gasteiger partial charge in [0.1, 0.15) is 0 Å². The van der Waals surface area contributed by atoms with E-state index in [4.69, 9.17) is 0 Å². The van der Waals surface area contributed by atoms with E-state index in [0.717, 1.165) is 34.5 Å². The third kappa shape index (κ3) is 4.63. The summed E-state index contributed by atoms with van der Waals surface area (Å²) in [6.45, 7) is 7.75. The van der Waals surface area contributed by atoms with Gasteiger partial charge in [-0.1, -0.05) is 13.8 Å². The standard InChI is InChI=1S/C19H22NO2.C5H5.Fe/c1-11-16(12(2)21)17(13-7-5-6-8-13)18-14(20-11)9-19(3,4)10-15(18)22;1-2-4-5-3-1;/h5-8,17,20H,9-10H2,1-4H3;1-5H;/q2*-1;+2. The van der Waals surface area contributed by atoms with E-state index in [1.165, 1.54) is 0 Å². The smallest absolute Gasteiger partial charge is 0.362 e. The predicted octanol–water partition coefficient (Wildman–Crippen LogP) is 5.00. The fourth-order valence-electron chi connectivity index (χ4n) is 4.14. The topological polar surface area (TPSA) is 46.2 Å². The minimum absolute atomic E-state index is 0. The van der Waals surface area contributed by atoms with E-state index in [1.54, 1.807) is 6.92 Å². The summed E-state index contributed by atoms with van der Waals surface area (Å²) in [7, 11) is 0. The Labute approximate surface area is 178 Å². The fourth-order valence-corrected chi connectivity index (χ4v) is 4.14. The molecule has 0 fully saturated rings. The third-order valence-corrected chi connectivity index (χ3v) is 5.20. The molecule has 1 aliphatic heterocycles. The zero-order chi connectivity index (χ0) is 19.6. The number of carbonyl (C=O) groups excluding carboxylic acids is 2. The van der Waals surface area contributed by atoms with Crippen LogP contribution in [0, 0.1) is 5.41 Å². The van der Waals surface area contributed by atoms with E-state index in [2.05, 4.69) is 19.2 Å². The molecule has 1 N–H and O–H groups in total. The van der Waals surface area contributed by atoms with E-state index < -0.39 is 0 Å². The molecule has 4 rings (SSSR count). The first-order valence-corrected chi connectivity index (χ1v) is 9.43. The van der Waals surface area contributed by atoms with Crippen LogP contribution in [0.15, 0.2) is 77.1 Å². The van der Waals surface area contributed by atoms with Crippen molar-refractivity contribution in [1.82, 2.24) is 5.32 Å². The van der Waals surface area contributed by atoms with Crippen molar-refractivity contribution in [2.45, 2.75) is 46.5 Å². The largest absolute Gasteiger partial charge is 2.00 e. The van der Waals surface area contributed by atoms with Gasteiger partial charge < -0.3 is 5.32 Å². The van der Waals surface area contributed by atoms with Crippen LogP contribution in [0.2, 0.25) is 0 Å². The van der Waals surface area contributed by atoms with Crippen LogP contribution in [-0.2, 0) is 26.7 Å². The molecule has 1 atom stereocenters. The average Bonchev–Trinajstić information content (AvgIpc) is 3.28. The minimum Gasteiger partial charge on any atom is -0.362 e. The van der Waals surface area contributed by atoms with Crippen molar-refractivity contribution in [3.8, 4) is 0 Å². The summed E-state index contributed by atoms with van der Waals surface area (Å²) < 4.78 is 0. The number of rotatable bonds is 2. The molecular formula is C24H27FeNO2. The van der Waals surface area contributed by atoms with Crippen molar-refractivity contribution < 1.29 is 26.7 Å². The number of carbonyl (C=O) groups is 2. The Morgan fingerprint density at radius 3 is 2.32 bits per heavy atom. The van der Waals surface area contributed by atoms with Crippen LogP contribution >= 0.6 is 0 Å². The van der Waals surface area contributed by atoms with Crippen molar-refractivity contribution >= 4 is 11.6 Å². The summed E-state index contributed by atoms with van der Waals surface area (Å²) in [6, 6.07) is 17.9. The summed E-state index contributed by atoms with van der Waals surface area (Å²) in [5.74, 6) is -0.0241. The maximum absolute atomic E-state index is 12.8. The Bertz CT molecular complexity index is 866. The Balaban J connectivity index is 0.000000408. The normalized spacial score (nSPS) is 20.4. The van der Waals surface area contributed by atoms with Crippen molar-refractivity contribution in [3.05, 3.63) is 82.7 Å². The molecule has 148 valence electrons. The van der Waals surface area contributed by atoms with Crippen molar-refractivity contribution in [1.29, 1.82) is 0 Å². The molecule has 2 aromatic rings. The van der Waals surface area contributed by atoms with E-state index in [1.807, 2.05) is 61.5 Å². The SMILES string of the molecule is CC(=O)C1=C(C)NC2=C(C(=O)CC(C)(C)C2)C1c1ccc[cH-]1.[Fe+2].c1cc[cH-]c1. The van der Waals surface area contributed by atoms with Crippen LogP contribution in [-0.4, -0.2) is 11.6 Å². The van der Waals surface area contributed by atoms with Gasteiger partial charge in [-0.05, 0) is 25.7 Å². The quantitative estimate of drug-likeness (QED) is 0.553. The van der Waals surface area contributed by atoms with Crippen LogP contribution < -0.4 is 5.32 Å². The van der Waals surface area contributed by atoms with Gasteiger partial charge in [0.05, 0.1) is 0 Å². The Kier molecular flexibility index (Phi) is 7.03. The summed E-state index contributed by atoms with van der Waals surface area (Å²) >= 11 is 0. The van der Waals surface area contributed by atoms with Crippen LogP contribution in [0.25, 0.3) is 0 Å². The molecule has 0 saturated heterocycles. The maximum Gasteiger partial charge on any atom is 2.00 e. The van der Waals surface area contributed by atoms with Crippen molar-refractivity contribution in [2.24, 2.45) is 5.41 Å². The second-order valence-corrected chi connectivity index (χ2v) is 8.17. The van der Waals surface area contributed by atoms with E-state index >= 15 is 0 Å². The summed E-state index contributed by atoms with van der Waals surface area (Å²) in [6.07, 6.45) is 1.38. The second-order valence-electron chi connectivity index (χ2n) is 8.17. The van der Waals surface area contributed by atoms with Gasteiger partial charge in [0.2, 0.25) is 0 Å². The number of dihydropyridines is 1. The second kappa shape index (κ2) is 8.89. The molecule has 3 nitrogen and oxygen atoms in total. The first-order chi connectivity index (χ1) is 12.8. The molecule has 2 aromatic carbocycles. The van der Waals surface area contributed by atoms with Crippen molar-refractivity contribution in [2.75, 3.05) is 0 Å². The van der Waals surface area contributed by atoms with Gasteiger partial charge in [0.25, 0.3) is 0 Å². The molecule has 1 unspecified atom stereocenters. The first kappa shape index (κ1) is 22.1. The number of allylic oxidation sites excluding steroid dienone is 4. The predicted molar refractivity (Wildman–Crippen MR) is 108 cm³/mol. The minimum atomic E-state index is -0.215. The molecule has 0 aromatic heterocycles. The molecular weight excluding hydrogens is 390 g/mol. The van der Waals surface area contributed by atoms with E-state index in [-0.39, 0.29) is 40.0 Å². The van der Waals surface area contributed by atoms with Gasteiger partial charge in [-0.15, -0.1) is 0 Å². The molecule has 0 amide bonds. The number of Topliss-reactive ketones (excluding diaryl/α,β-unsaturated/α-hetero) is 2. The molecule has 0 saturated carbocycles. The number of ketones is 2. The number of hydrogen-bond acceptors (Lipinski definition) is 3. The molecule has 28 heavy (non-hydrogen) atoms. The number of hydrogen-bond donors (Lipinski definition) is 1. The number of nitrogens with one attached hydrogen (secondary N) is 1. The van der Waals surface area contributed by atoms with E-state index in [9.17, 15) is 9.59 Å². The molecule has 0 radical (unpaired) electrons. The monoisotopic (exact) mass is 417 g/mol. The average molecular weight is 417 g/mol. The Hall–Kier alpha value is -2.16. The van der Waals surface area contributed by atoms with Crippen molar-refractivity contribution in [3.63, 3.8) is 0 Å². The van der Waals surface area contributed by atoms with Gasteiger partial charge >= 0.3 is 17.1 Å². The Morgan fingerprint density at radius 1 is 1.14 bits per heavy atom. The zero-order valence-corrected chi connectivity index (χ0v) is 18.0. The zero-order valence-electron chi connectivity index (χ0n) is 16.9. The fraction of sp³-hybridized carbons (Fsp3) is 0.333. The maximum atomic E-state index is 12.8. The molecule has 2 aliphatic rings. The molecule has 1 heterocycles. The van der Waals surface area contributed by atoms with Gasteiger partial charge in [-0.3, -0.25) is 9.59 Å². The summed E-state index contributed by atoms with van der Waals surface area (Å²) in [5, 5.41) is 3.35. The molecule has 4 heteroatoms. The Morgan fingerprint density at radius 2 is 1.82 bits per heavy atom. The van der Waals surface area contributed by atoms with Crippen LogP contribution in [0.4, 0.5) is 0 Å². The van der Waals surface area contributed by atoms with Gasteiger partial charge in [-0.25, -0.2) is 24.3 Å².